The number of nitrogens with zero attached hydrogens (tertiary/aromatic N) is 1. The Morgan fingerprint density at radius 3 is 2.56 bits per heavy atom. The Morgan fingerprint density at radius 2 is 1.88 bits per heavy atom. The van der Waals surface area contributed by atoms with Crippen LogP contribution in [0.15, 0.2) is 0 Å². The third-order valence-electron chi connectivity index (χ3n) is 6.75. The second kappa shape index (κ2) is 8.69. The molecule has 25 heavy (non-hydrogen) atoms. The molecule has 3 aliphatic rings. The van der Waals surface area contributed by atoms with Gasteiger partial charge in [0.1, 0.15) is 0 Å². The lowest BCUT2D eigenvalue weighted by atomic mass is 9.81. The van der Waals surface area contributed by atoms with Crippen LogP contribution in [0.5, 0.6) is 0 Å². The Labute approximate surface area is 154 Å². The highest BCUT2D eigenvalue weighted by molar-refractivity contribution is 5.02. The zero-order valence-electron chi connectivity index (χ0n) is 16.7. The minimum atomic E-state index is 0.234. The number of piperidine rings is 1. The Kier molecular flexibility index (Phi) is 6.81. The summed E-state index contributed by atoms with van der Waals surface area (Å²) in [5.41, 5.74) is 0.309. The van der Waals surface area contributed by atoms with Crippen LogP contribution in [0.4, 0.5) is 0 Å². The van der Waals surface area contributed by atoms with Crippen molar-refractivity contribution in [1.29, 1.82) is 0 Å². The first kappa shape index (κ1) is 19.6. The van der Waals surface area contributed by atoms with Crippen LogP contribution in [0.2, 0.25) is 0 Å². The van der Waals surface area contributed by atoms with E-state index in [9.17, 15) is 0 Å². The van der Waals surface area contributed by atoms with E-state index in [-0.39, 0.29) is 6.61 Å². The van der Waals surface area contributed by atoms with E-state index in [1.807, 2.05) is 0 Å². The molecule has 2 heterocycles. The molecular weight excluding hydrogens is 312 g/mol. The fraction of sp³-hybridized carbons (Fsp3) is 1.00. The summed E-state index contributed by atoms with van der Waals surface area (Å²) in [6.45, 7) is 10.5. The summed E-state index contributed by atoms with van der Waals surface area (Å²) in [7, 11) is 0. The van der Waals surface area contributed by atoms with E-state index in [0.29, 0.717) is 36.3 Å². The monoisotopic (exact) mass is 352 g/mol. The van der Waals surface area contributed by atoms with Crippen molar-refractivity contribution in [1.82, 2.24) is 10.2 Å². The lowest BCUT2D eigenvalue weighted by Crippen LogP contribution is -2.56. The van der Waals surface area contributed by atoms with Gasteiger partial charge < -0.3 is 15.2 Å². The van der Waals surface area contributed by atoms with Gasteiger partial charge in [-0.3, -0.25) is 4.90 Å². The predicted octanol–water partition coefficient (Wildman–Crippen LogP) is 3.39. The maximum Gasteiger partial charge on any atom is 0.0654 e. The third-order valence-corrected chi connectivity index (χ3v) is 6.75. The first-order chi connectivity index (χ1) is 12.0. The van der Waals surface area contributed by atoms with Gasteiger partial charge >= 0.3 is 0 Å². The quantitative estimate of drug-likeness (QED) is 0.719. The highest BCUT2D eigenvalue weighted by atomic mass is 16.5. The minimum Gasteiger partial charge on any atom is -0.396 e. The highest BCUT2D eigenvalue weighted by Gasteiger charge is 2.50. The van der Waals surface area contributed by atoms with E-state index < -0.39 is 0 Å². The Morgan fingerprint density at radius 1 is 1.12 bits per heavy atom. The maximum atomic E-state index is 9.06. The standard InChI is InChI=1S/C21H40N2O2/c1-21(2,3)19-14-17-18(25-13-7-12-24)10-11-22-20(17)23(19)15-16-8-5-4-6-9-16/h16-20,22,24H,4-15H2,1-3H3. The molecule has 2 N–H and O–H groups in total. The number of fused-ring (bicyclic) bond motifs is 1. The average molecular weight is 353 g/mol. The molecule has 4 nitrogen and oxygen atoms in total. The summed E-state index contributed by atoms with van der Waals surface area (Å²) in [5.74, 6) is 1.48. The number of aliphatic hydroxyl groups is 1. The molecule has 1 aliphatic carbocycles. The molecule has 0 bridgehead atoms. The topological polar surface area (TPSA) is 44.7 Å². The van der Waals surface area contributed by atoms with Gasteiger partial charge in [0, 0.05) is 31.7 Å². The summed E-state index contributed by atoms with van der Waals surface area (Å²) in [4.78, 5) is 2.82. The van der Waals surface area contributed by atoms with Crippen molar-refractivity contribution in [3.63, 3.8) is 0 Å². The van der Waals surface area contributed by atoms with E-state index in [1.54, 1.807) is 0 Å². The molecule has 3 fully saturated rings. The van der Waals surface area contributed by atoms with Crippen molar-refractivity contribution in [2.45, 2.75) is 90.4 Å². The number of hydrogen-bond acceptors (Lipinski definition) is 4. The van der Waals surface area contributed by atoms with Gasteiger partial charge in [-0.05, 0) is 50.0 Å². The lowest BCUT2D eigenvalue weighted by molar-refractivity contribution is -0.0357. The van der Waals surface area contributed by atoms with Gasteiger partial charge in [0.2, 0.25) is 0 Å². The van der Waals surface area contributed by atoms with Crippen LogP contribution in [-0.4, -0.2) is 54.6 Å². The van der Waals surface area contributed by atoms with Gasteiger partial charge in [-0.2, -0.15) is 0 Å². The van der Waals surface area contributed by atoms with Gasteiger partial charge in [0.25, 0.3) is 0 Å². The molecule has 4 unspecified atom stereocenters. The molecule has 4 heteroatoms. The van der Waals surface area contributed by atoms with Crippen LogP contribution >= 0.6 is 0 Å². The van der Waals surface area contributed by atoms with E-state index in [2.05, 4.69) is 31.0 Å². The molecule has 0 aromatic carbocycles. The van der Waals surface area contributed by atoms with Crippen LogP contribution in [0, 0.1) is 17.3 Å². The summed E-state index contributed by atoms with van der Waals surface area (Å²) in [6, 6.07) is 0.638. The van der Waals surface area contributed by atoms with Crippen molar-refractivity contribution in [2.24, 2.45) is 17.3 Å². The smallest absolute Gasteiger partial charge is 0.0654 e. The highest BCUT2D eigenvalue weighted by Crippen LogP contribution is 2.43. The molecule has 146 valence electrons. The van der Waals surface area contributed by atoms with Crippen molar-refractivity contribution in [3.8, 4) is 0 Å². The van der Waals surface area contributed by atoms with Gasteiger partial charge in [-0.1, -0.05) is 40.0 Å². The fourth-order valence-corrected chi connectivity index (χ4v) is 5.44. The molecule has 2 saturated heterocycles. The Balaban J connectivity index is 1.70. The van der Waals surface area contributed by atoms with E-state index in [1.165, 1.54) is 45.1 Å². The second-order valence-electron chi connectivity index (χ2n) is 9.66. The minimum absolute atomic E-state index is 0.234. The van der Waals surface area contributed by atoms with Crippen molar-refractivity contribution >= 4 is 0 Å². The van der Waals surface area contributed by atoms with Crippen molar-refractivity contribution in [3.05, 3.63) is 0 Å². The van der Waals surface area contributed by atoms with E-state index in [4.69, 9.17) is 9.84 Å². The predicted molar refractivity (Wildman–Crippen MR) is 102 cm³/mol. The van der Waals surface area contributed by atoms with Gasteiger partial charge in [-0.25, -0.2) is 0 Å². The summed E-state index contributed by atoms with van der Waals surface area (Å²) < 4.78 is 6.21. The molecule has 4 atom stereocenters. The third kappa shape index (κ3) is 4.77. The van der Waals surface area contributed by atoms with Crippen LogP contribution in [0.3, 0.4) is 0 Å². The van der Waals surface area contributed by atoms with Crippen LogP contribution in [0.1, 0.15) is 72.1 Å². The zero-order chi connectivity index (χ0) is 17.9. The molecule has 1 saturated carbocycles. The summed E-state index contributed by atoms with van der Waals surface area (Å²) in [5, 5.41) is 12.9. The fourth-order valence-electron chi connectivity index (χ4n) is 5.44. The van der Waals surface area contributed by atoms with E-state index in [0.717, 1.165) is 25.3 Å². The number of rotatable bonds is 6. The number of nitrogens with one attached hydrogen (secondary N) is 1. The van der Waals surface area contributed by atoms with Gasteiger partial charge in [0.15, 0.2) is 0 Å². The molecule has 2 aliphatic heterocycles. The molecule has 0 radical (unpaired) electrons. The van der Waals surface area contributed by atoms with Crippen LogP contribution in [0.25, 0.3) is 0 Å². The first-order valence-electron chi connectivity index (χ1n) is 10.7. The number of ether oxygens (including phenoxy) is 1. The molecule has 3 rings (SSSR count). The maximum absolute atomic E-state index is 9.06. The van der Waals surface area contributed by atoms with Crippen LogP contribution in [-0.2, 0) is 4.74 Å². The summed E-state index contributed by atoms with van der Waals surface area (Å²) >= 11 is 0. The number of hydrogen-bond donors (Lipinski definition) is 2. The molecule has 0 aromatic rings. The van der Waals surface area contributed by atoms with Gasteiger partial charge in [0.05, 0.1) is 12.3 Å². The number of aliphatic hydroxyl groups excluding tert-OH is 1. The SMILES string of the molecule is CC(C)(C)C1CC2C(OCCCO)CCNC2N1CC1CCCCC1. The largest absolute Gasteiger partial charge is 0.396 e. The summed E-state index contributed by atoms with van der Waals surface area (Å²) in [6.07, 6.45) is 11.1. The Bertz CT molecular complexity index is 403. The number of likely N-dealkylation sites (tertiary alicyclic amines) is 1. The molecule has 0 aromatic heterocycles. The van der Waals surface area contributed by atoms with Crippen molar-refractivity contribution < 1.29 is 9.84 Å². The molecule has 0 amide bonds. The zero-order valence-corrected chi connectivity index (χ0v) is 16.7. The second-order valence-corrected chi connectivity index (χ2v) is 9.66. The van der Waals surface area contributed by atoms with E-state index >= 15 is 0 Å². The normalized spacial score (nSPS) is 35.0. The molecular formula is C21H40N2O2. The Hall–Kier alpha value is -0.160. The average Bonchev–Trinajstić information content (AvgIpc) is 2.96. The lowest BCUT2D eigenvalue weighted by Gasteiger charge is -2.42. The van der Waals surface area contributed by atoms with Crippen LogP contribution < -0.4 is 5.32 Å². The molecule has 0 spiro atoms. The van der Waals surface area contributed by atoms with Crippen molar-refractivity contribution in [2.75, 3.05) is 26.3 Å². The first-order valence-corrected chi connectivity index (χ1v) is 10.7. The van der Waals surface area contributed by atoms with Gasteiger partial charge in [-0.15, -0.1) is 0 Å².